The van der Waals surface area contributed by atoms with Crippen LogP contribution < -0.4 is 4.74 Å². The van der Waals surface area contributed by atoms with Gasteiger partial charge in [-0.3, -0.25) is 0 Å². The van der Waals surface area contributed by atoms with Gasteiger partial charge in [0.1, 0.15) is 23.7 Å². The van der Waals surface area contributed by atoms with Gasteiger partial charge in [-0.05, 0) is 49.8 Å². The molecule has 0 saturated heterocycles. The van der Waals surface area contributed by atoms with Crippen LogP contribution in [0.5, 0.6) is 5.75 Å². The van der Waals surface area contributed by atoms with E-state index in [1.807, 2.05) is 43.3 Å². The van der Waals surface area contributed by atoms with Crippen LogP contribution >= 0.6 is 24.0 Å². The molecule has 0 N–H and O–H groups in total. The number of hydrogen-bond acceptors (Lipinski definition) is 3. The van der Waals surface area contributed by atoms with Crippen molar-refractivity contribution in [3.63, 3.8) is 0 Å². The third-order valence-electron chi connectivity index (χ3n) is 4.54. The Bertz CT molecular complexity index is 839. The number of likely N-dealkylation sites (N-methyl/N-ethyl adjacent to an activating group) is 1. The van der Waals surface area contributed by atoms with Crippen molar-refractivity contribution >= 4 is 35.0 Å². The van der Waals surface area contributed by atoms with Gasteiger partial charge in [0.25, 0.3) is 0 Å². The molecule has 0 spiro atoms. The maximum atomic E-state index is 6.00. The topological polar surface area (TPSA) is 25.6 Å². The maximum absolute atomic E-state index is 6.00. The van der Waals surface area contributed by atoms with Crippen LogP contribution in [0.15, 0.2) is 46.9 Å². The van der Waals surface area contributed by atoms with Gasteiger partial charge in [-0.25, -0.2) is 0 Å². The summed E-state index contributed by atoms with van der Waals surface area (Å²) in [6, 6.07) is 13.9. The second kappa shape index (κ2) is 9.31. The zero-order valence-electron chi connectivity index (χ0n) is 15.4. The predicted octanol–water partition coefficient (Wildman–Crippen LogP) is 6.20. The van der Waals surface area contributed by atoms with Crippen LogP contribution in [0.25, 0.3) is 22.1 Å². The van der Waals surface area contributed by atoms with E-state index in [-0.39, 0.29) is 12.4 Å². The van der Waals surface area contributed by atoms with Crippen LogP contribution in [0.1, 0.15) is 19.6 Å². The third-order valence-corrected chi connectivity index (χ3v) is 4.79. The highest BCUT2D eigenvalue weighted by Crippen LogP contribution is 2.36. The van der Waals surface area contributed by atoms with E-state index in [9.17, 15) is 0 Å². The van der Waals surface area contributed by atoms with Crippen molar-refractivity contribution in [1.82, 2.24) is 4.90 Å². The van der Waals surface area contributed by atoms with Crippen LogP contribution in [0.4, 0.5) is 0 Å². The summed E-state index contributed by atoms with van der Waals surface area (Å²) in [4.78, 5) is 2.34. The standard InChI is InChI=1S/C21H24ClNO2.ClH/c1-4-23(5-2)12-13-24-18-10-11-19-20(14-18)25-15(3)21(19)16-6-8-17(22)9-7-16;/h6-11,14H,4-5,12-13H2,1-3H3;1H. The molecular weight excluding hydrogens is 369 g/mol. The Hall–Kier alpha value is -1.68. The average Bonchev–Trinajstić information content (AvgIpc) is 2.94. The summed E-state index contributed by atoms with van der Waals surface area (Å²) in [6.45, 7) is 10.0. The Kier molecular flexibility index (Phi) is 7.39. The fourth-order valence-electron chi connectivity index (χ4n) is 3.10. The fraction of sp³-hybridized carbons (Fsp3) is 0.333. The van der Waals surface area contributed by atoms with Gasteiger partial charge in [-0.15, -0.1) is 12.4 Å². The lowest BCUT2D eigenvalue weighted by molar-refractivity contribution is 0.223. The smallest absolute Gasteiger partial charge is 0.138 e. The summed E-state index contributed by atoms with van der Waals surface area (Å²) < 4.78 is 11.9. The van der Waals surface area contributed by atoms with Gasteiger partial charge in [0.05, 0.1) is 0 Å². The van der Waals surface area contributed by atoms with Crippen molar-refractivity contribution in [2.75, 3.05) is 26.2 Å². The maximum Gasteiger partial charge on any atom is 0.138 e. The molecule has 5 heteroatoms. The van der Waals surface area contributed by atoms with Gasteiger partial charge in [-0.1, -0.05) is 37.6 Å². The van der Waals surface area contributed by atoms with E-state index in [2.05, 4.69) is 24.8 Å². The highest BCUT2D eigenvalue weighted by Gasteiger charge is 2.13. The summed E-state index contributed by atoms with van der Waals surface area (Å²) in [6.07, 6.45) is 0. The van der Waals surface area contributed by atoms with E-state index in [0.29, 0.717) is 6.61 Å². The molecule has 140 valence electrons. The van der Waals surface area contributed by atoms with Crippen LogP contribution in [0.2, 0.25) is 5.02 Å². The normalized spacial score (nSPS) is 11.0. The Balaban J connectivity index is 0.00000243. The first kappa shape index (κ1) is 20.6. The van der Waals surface area contributed by atoms with E-state index in [4.69, 9.17) is 20.8 Å². The Morgan fingerprint density at radius 3 is 2.38 bits per heavy atom. The molecule has 2 aromatic carbocycles. The van der Waals surface area contributed by atoms with Crippen molar-refractivity contribution in [2.45, 2.75) is 20.8 Å². The minimum Gasteiger partial charge on any atom is -0.492 e. The molecule has 0 radical (unpaired) electrons. The molecule has 0 aliphatic carbocycles. The van der Waals surface area contributed by atoms with Crippen molar-refractivity contribution in [3.8, 4) is 16.9 Å². The SMILES string of the molecule is CCN(CC)CCOc1ccc2c(-c3ccc(Cl)cc3)c(C)oc2c1.Cl. The Morgan fingerprint density at radius 2 is 1.73 bits per heavy atom. The van der Waals surface area contributed by atoms with Crippen molar-refractivity contribution < 1.29 is 9.15 Å². The van der Waals surface area contributed by atoms with Gasteiger partial charge >= 0.3 is 0 Å². The second-order valence-electron chi connectivity index (χ2n) is 6.07. The van der Waals surface area contributed by atoms with Gasteiger partial charge in [0, 0.05) is 28.6 Å². The average molecular weight is 394 g/mol. The molecular formula is C21H25Cl2NO2. The summed E-state index contributed by atoms with van der Waals surface area (Å²) in [5.74, 6) is 1.74. The minimum absolute atomic E-state index is 0. The zero-order chi connectivity index (χ0) is 17.8. The summed E-state index contributed by atoms with van der Waals surface area (Å²) in [5.41, 5.74) is 3.07. The molecule has 1 heterocycles. The number of nitrogens with zero attached hydrogens (tertiary/aromatic N) is 1. The molecule has 0 fully saturated rings. The van der Waals surface area contributed by atoms with E-state index in [0.717, 1.165) is 58.3 Å². The van der Waals surface area contributed by atoms with Crippen molar-refractivity contribution in [1.29, 1.82) is 0 Å². The summed E-state index contributed by atoms with van der Waals surface area (Å²) in [7, 11) is 0. The molecule has 1 aromatic heterocycles. The number of fused-ring (bicyclic) bond motifs is 1. The van der Waals surface area contributed by atoms with Crippen molar-refractivity contribution in [3.05, 3.63) is 53.2 Å². The molecule has 0 amide bonds. The monoisotopic (exact) mass is 393 g/mol. The Labute approximate surface area is 166 Å². The first-order chi connectivity index (χ1) is 12.1. The van der Waals surface area contributed by atoms with Crippen LogP contribution in [0, 0.1) is 6.92 Å². The molecule has 0 aliphatic rings. The third kappa shape index (κ3) is 4.53. The van der Waals surface area contributed by atoms with Crippen LogP contribution in [0.3, 0.4) is 0 Å². The fourth-order valence-corrected chi connectivity index (χ4v) is 3.22. The van der Waals surface area contributed by atoms with Gasteiger partial charge in [0.15, 0.2) is 0 Å². The molecule has 0 bridgehead atoms. The molecule has 0 atom stereocenters. The summed E-state index contributed by atoms with van der Waals surface area (Å²) in [5, 5.41) is 1.83. The summed E-state index contributed by atoms with van der Waals surface area (Å²) >= 11 is 6.00. The quantitative estimate of drug-likeness (QED) is 0.477. The first-order valence-corrected chi connectivity index (χ1v) is 9.14. The molecule has 0 aliphatic heterocycles. The minimum atomic E-state index is 0. The number of benzene rings is 2. The number of rotatable bonds is 7. The van der Waals surface area contributed by atoms with E-state index < -0.39 is 0 Å². The van der Waals surface area contributed by atoms with Gasteiger partial charge in [-0.2, -0.15) is 0 Å². The van der Waals surface area contributed by atoms with Gasteiger partial charge in [0.2, 0.25) is 0 Å². The van der Waals surface area contributed by atoms with Crippen molar-refractivity contribution in [2.24, 2.45) is 0 Å². The number of ether oxygens (including phenoxy) is 1. The second-order valence-corrected chi connectivity index (χ2v) is 6.51. The molecule has 3 rings (SSSR count). The first-order valence-electron chi connectivity index (χ1n) is 8.76. The molecule has 0 saturated carbocycles. The highest BCUT2D eigenvalue weighted by atomic mass is 35.5. The van der Waals surface area contributed by atoms with Crippen LogP contribution in [-0.4, -0.2) is 31.1 Å². The molecule has 3 aromatic rings. The highest BCUT2D eigenvalue weighted by molar-refractivity contribution is 6.30. The lowest BCUT2D eigenvalue weighted by atomic mass is 10.0. The molecule has 0 unspecified atom stereocenters. The predicted molar refractivity (Wildman–Crippen MR) is 112 cm³/mol. The number of hydrogen-bond donors (Lipinski definition) is 0. The lowest BCUT2D eigenvalue weighted by Gasteiger charge is -2.17. The lowest BCUT2D eigenvalue weighted by Crippen LogP contribution is -2.27. The van der Waals surface area contributed by atoms with Crippen LogP contribution in [-0.2, 0) is 0 Å². The zero-order valence-corrected chi connectivity index (χ0v) is 17.0. The van der Waals surface area contributed by atoms with E-state index in [1.54, 1.807) is 0 Å². The number of furan rings is 1. The number of halogens is 2. The van der Waals surface area contributed by atoms with Gasteiger partial charge < -0.3 is 14.1 Å². The van der Waals surface area contributed by atoms with E-state index >= 15 is 0 Å². The largest absolute Gasteiger partial charge is 0.492 e. The molecule has 3 nitrogen and oxygen atoms in total. The molecule has 26 heavy (non-hydrogen) atoms. The number of aryl methyl sites for hydroxylation is 1. The Morgan fingerprint density at radius 1 is 1.04 bits per heavy atom. The van der Waals surface area contributed by atoms with E-state index in [1.165, 1.54) is 0 Å².